The zero-order chi connectivity index (χ0) is 12.3. The van der Waals surface area contributed by atoms with Crippen LogP contribution in [-0.4, -0.2) is 6.26 Å². The van der Waals surface area contributed by atoms with Gasteiger partial charge in [0.25, 0.3) is 0 Å². The molecule has 0 aliphatic rings. The number of benzene rings is 1. The molecule has 0 amide bonds. The lowest BCUT2D eigenvalue weighted by Gasteiger charge is -2.03. The summed E-state index contributed by atoms with van der Waals surface area (Å²) in [6.07, 6.45) is 13.2. The van der Waals surface area contributed by atoms with Crippen LogP contribution in [0.1, 0.15) is 57.4 Å². The average molecular weight is 250 g/mol. The molecule has 0 radical (unpaired) electrons. The third-order valence-corrected chi connectivity index (χ3v) is 3.97. The molecule has 0 aliphatic carbocycles. The van der Waals surface area contributed by atoms with Crippen molar-refractivity contribution in [1.82, 2.24) is 0 Å². The second-order valence-electron chi connectivity index (χ2n) is 4.72. The van der Waals surface area contributed by atoms with Crippen LogP contribution in [0.25, 0.3) is 0 Å². The Kier molecular flexibility index (Phi) is 8.25. The van der Waals surface area contributed by atoms with E-state index in [9.17, 15) is 0 Å². The molecule has 0 nitrogen and oxygen atoms in total. The van der Waals surface area contributed by atoms with Gasteiger partial charge in [0, 0.05) is 4.90 Å². The summed E-state index contributed by atoms with van der Waals surface area (Å²) in [5.41, 5.74) is 1.50. The predicted octanol–water partition coefficient (Wildman–Crippen LogP) is 5.70. The third-order valence-electron chi connectivity index (χ3n) is 3.23. The van der Waals surface area contributed by atoms with Crippen LogP contribution in [0, 0.1) is 0 Å². The Morgan fingerprint density at radius 1 is 0.824 bits per heavy atom. The van der Waals surface area contributed by atoms with Gasteiger partial charge in [-0.15, -0.1) is 11.8 Å². The van der Waals surface area contributed by atoms with Gasteiger partial charge in [-0.05, 0) is 36.8 Å². The van der Waals surface area contributed by atoms with Crippen molar-refractivity contribution in [1.29, 1.82) is 0 Å². The van der Waals surface area contributed by atoms with E-state index in [1.165, 1.54) is 61.8 Å². The highest BCUT2D eigenvalue weighted by atomic mass is 32.2. The van der Waals surface area contributed by atoms with Crippen molar-refractivity contribution < 1.29 is 0 Å². The molecule has 17 heavy (non-hydrogen) atoms. The maximum Gasteiger partial charge on any atom is 0.00693 e. The lowest BCUT2D eigenvalue weighted by Crippen LogP contribution is -1.86. The molecule has 0 spiro atoms. The number of rotatable bonds is 9. The molecule has 0 saturated carbocycles. The lowest BCUT2D eigenvalue weighted by atomic mass is 10.0. The number of aryl methyl sites for hydroxylation is 1. The van der Waals surface area contributed by atoms with Crippen molar-refractivity contribution >= 4 is 11.8 Å². The van der Waals surface area contributed by atoms with Gasteiger partial charge in [-0.1, -0.05) is 57.6 Å². The summed E-state index contributed by atoms with van der Waals surface area (Å²) < 4.78 is 0. The molecule has 1 heteroatoms. The molecule has 0 heterocycles. The van der Waals surface area contributed by atoms with Gasteiger partial charge < -0.3 is 0 Å². The van der Waals surface area contributed by atoms with E-state index in [2.05, 4.69) is 37.4 Å². The maximum atomic E-state index is 2.28. The smallest absolute Gasteiger partial charge is 0.00693 e. The summed E-state index contributed by atoms with van der Waals surface area (Å²) in [5, 5.41) is 0. The van der Waals surface area contributed by atoms with Crippen molar-refractivity contribution in [2.45, 2.75) is 63.2 Å². The summed E-state index contributed by atoms with van der Waals surface area (Å²) in [6.45, 7) is 2.28. The minimum Gasteiger partial charge on any atom is -0.130 e. The van der Waals surface area contributed by atoms with Gasteiger partial charge in [0.1, 0.15) is 0 Å². The average Bonchev–Trinajstić information content (AvgIpc) is 2.38. The van der Waals surface area contributed by atoms with Crippen LogP contribution >= 0.6 is 11.8 Å². The molecule has 0 aromatic heterocycles. The summed E-state index contributed by atoms with van der Waals surface area (Å²) in [5.74, 6) is 0. The summed E-state index contributed by atoms with van der Waals surface area (Å²) in [7, 11) is 0. The standard InChI is InChI=1S/C16H26S/c1-3-4-5-6-7-8-9-10-15-11-13-16(17-2)14-12-15/h11-14H,3-10H2,1-2H3. The molecule has 0 fully saturated rings. The first-order chi connectivity index (χ1) is 8.36. The van der Waals surface area contributed by atoms with Crippen molar-refractivity contribution in [3.05, 3.63) is 29.8 Å². The number of unbranched alkanes of at least 4 members (excludes halogenated alkanes) is 6. The normalized spacial score (nSPS) is 10.7. The van der Waals surface area contributed by atoms with Crippen molar-refractivity contribution in [2.75, 3.05) is 6.26 Å². The van der Waals surface area contributed by atoms with Crippen LogP contribution in [0.2, 0.25) is 0 Å². The summed E-state index contributed by atoms with van der Waals surface area (Å²) in [6, 6.07) is 9.04. The van der Waals surface area contributed by atoms with Crippen LogP contribution in [0.3, 0.4) is 0 Å². The van der Waals surface area contributed by atoms with E-state index in [1.54, 1.807) is 0 Å². The highest BCUT2D eigenvalue weighted by Gasteiger charge is 1.95. The molecule has 0 unspecified atom stereocenters. The Morgan fingerprint density at radius 2 is 1.41 bits per heavy atom. The van der Waals surface area contributed by atoms with Gasteiger partial charge in [-0.2, -0.15) is 0 Å². The molecular formula is C16H26S. The SMILES string of the molecule is CCCCCCCCCc1ccc(SC)cc1. The summed E-state index contributed by atoms with van der Waals surface area (Å²) >= 11 is 1.82. The molecule has 0 saturated heterocycles. The first-order valence-corrected chi connectivity index (χ1v) is 8.22. The van der Waals surface area contributed by atoms with E-state index in [0.29, 0.717) is 0 Å². The zero-order valence-corrected chi connectivity index (χ0v) is 12.2. The van der Waals surface area contributed by atoms with Gasteiger partial charge in [-0.25, -0.2) is 0 Å². The molecule has 96 valence electrons. The lowest BCUT2D eigenvalue weighted by molar-refractivity contribution is 0.589. The van der Waals surface area contributed by atoms with Gasteiger partial charge in [0.2, 0.25) is 0 Å². The minimum atomic E-state index is 1.25. The van der Waals surface area contributed by atoms with Gasteiger partial charge in [0.05, 0.1) is 0 Å². The van der Waals surface area contributed by atoms with Gasteiger partial charge >= 0.3 is 0 Å². The minimum absolute atomic E-state index is 1.25. The molecular weight excluding hydrogens is 224 g/mol. The second-order valence-corrected chi connectivity index (χ2v) is 5.60. The molecule has 1 aromatic carbocycles. The van der Waals surface area contributed by atoms with E-state index >= 15 is 0 Å². The molecule has 0 aliphatic heterocycles. The molecule has 1 rings (SSSR count). The van der Waals surface area contributed by atoms with E-state index in [1.807, 2.05) is 11.8 Å². The number of thioether (sulfide) groups is 1. The van der Waals surface area contributed by atoms with Crippen LogP contribution < -0.4 is 0 Å². The highest BCUT2D eigenvalue weighted by Crippen LogP contribution is 2.16. The first-order valence-electron chi connectivity index (χ1n) is 6.99. The Labute approximate surface area is 111 Å². The Bertz CT molecular complexity index is 276. The highest BCUT2D eigenvalue weighted by molar-refractivity contribution is 7.98. The van der Waals surface area contributed by atoms with Crippen LogP contribution in [-0.2, 0) is 6.42 Å². The first kappa shape index (κ1) is 14.6. The monoisotopic (exact) mass is 250 g/mol. The van der Waals surface area contributed by atoms with Crippen LogP contribution in [0.15, 0.2) is 29.2 Å². The Hall–Kier alpha value is -0.430. The van der Waals surface area contributed by atoms with Crippen molar-refractivity contribution in [3.8, 4) is 0 Å². The predicted molar refractivity (Wildman–Crippen MR) is 79.9 cm³/mol. The van der Waals surface area contributed by atoms with Gasteiger partial charge in [-0.3, -0.25) is 0 Å². The fraction of sp³-hybridized carbons (Fsp3) is 0.625. The third kappa shape index (κ3) is 6.78. The molecule has 1 aromatic rings. The van der Waals surface area contributed by atoms with E-state index in [4.69, 9.17) is 0 Å². The fourth-order valence-corrected chi connectivity index (χ4v) is 2.49. The van der Waals surface area contributed by atoms with E-state index in [0.717, 1.165) is 0 Å². The van der Waals surface area contributed by atoms with Crippen molar-refractivity contribution in [2.24, 2.45) is 0 Å². The van der Waals surface area contributed by atoms with Crippen molar-refractivity contribution in [3.63, 3.8) is 0 Å². The largest absolute Gasteiger partial charge is 0.130 e. The Balaban J connectivity index is 2.05. The number of hydrogen-bond acceptors (Lipinski definition) is 1. The van der Waals surface area contributed by atoms with E-state index in [-0.39, 0.29) is 0 Å². The van der Waals surface area contributed by atoms with Crippen LogP contribution in [0.5, 0.6) is 0 Å². The topological polar surface area (TPSA) is 0 Å². The quantitative estimate of drug-likeness (QED) is 0.400. The molecule has 0 atom stereocenters. The van der Waals surface area contributed by atoms with Gasteiger partial charge in [0.15, 0.2) is 0 Å². The molecule has 0 bridgehead atoms. The Morgan fingerprint density at radius 3 is 2.00 bits per heavy atom. The molecule has 0 N–H and O–H groups in total. The fourth-order valence-electron chi connectivity index (χ4n) is 2.08. The zero-order valence-electron chi connectivity index (χ0n) is 11.4. The maximum absolute atomic E-state index is 2.28. The number of hydrogen-bond donors (Lipinski definition) is 0. The summed E-state index contributed by atoms with van der Waals surface area (Å²) in [4.78, 5) is 1.37. The second kappa shape index (κ2) is 9.58. The van der Waals surface area contributed by atoms with Crippen LogP contribution in [0.4, 0.5) is 0 Å². The van der Waals surface area contributed by atoms with E-state index < -0.39 is 0 Å².